The molecule has 2 N–H and O–H groups in total. The van der Waals surface area contributed by atoms with Gasteiger partial charge >= 0.3 is 0 Å². The summed E-state index contributed by atoms with van der Waals surface area (Å²) in [4.78, 5) is 25.9. The molecule has 144 valence electrons. The van der Waals surface area contributed by atoms with E-state index in [9.17, 15) is 14.7 Å². The smallest absolute Gasteiger partial charge is 0.277 e. The van der Waals surface area contributed by atoms with Gasteiger partial charge < -0.3 is 24.6 Å². The number of hydrogen-bond acceptors (Lipinski definition) is 6. The summed E-state index contributed by atoms with van der Waals surface area (Å²) in [5.74, 6) is 0.0645. The van der Waals surface area contributed by atoms with E-state index in [2.05, 4.69) is 10.5 Å². The molecule has 1 aliphatic rings. The first-order chi connectivity index (χ1) is 12.9. The van der Waals surface area contributed by atoms with Gasteiger partial charge in [0.1, 0.15) is 18.5 Å². The van der Waals surface area contributed by atoms with E-state index in [0.29, 0.717) is 11.4 Å². The van der Waals surface area contributed by atoms with Crippen LogP contribution in [0.25, 0.3) is 0 Å². The molecular formula is C19H23N3O5. The Morgan fingerprint density at radius 2 is 2.07 bits per heavy atom. The molecule has 0 aliphatic carbocycles. The Kier molecular flexibility index (Phi) is 5.57. The second kappa shape index (κ2) is 7.89. The zero-order valence-electron chi connectivity index (χ0n) is 15.5. The monoisotopic (exact) mass is 373 g/mol. The summed E-state index contributed by atoms with van der Waals surface area (Å²) in [7, 11) is 0. The summed E-state index contributed by atoms with van der Waals surface area (Å²) in [5, 5.41) is 16.2. The number of nitrogens with zero attached hydrogens (tertiary/aromatic N) is 2. The maximum atomic E-state index is 12.1. The lowest BCUT2D eigenvalue weighted by Crippen LogP contribution is -2.55. The molecule has 2 heterocycles. The summed E-state index contributed by atoms with van der Waals surface area (Å²) in [5.41, 5.74) is 1.62. The van der Waals surface area contributed by atoms with Crippen molar-refractivity contribution < 1.29 is 24.0 Å². The number of nitrogens with one attached hydrogen (secondary N) is 1. The van der Waals surface area contributed by atoms with Crippen LogP contribution in [0.15, 0.2) is 34.9 Å². The number of aryl methyl sites for hydroxylation is 1. The highest BCUT2D eigenvalue weighted by atomic mass is 16.5. The summed E-state index contributed by atoms with van der Waals surface area (Å²) < 4.78 is 10.6. The molecule has 1 aromatic heterocycles. The first-order valence-electron chi connectivity index (χ1n) is 8.79. The fourth-order valence-corrected chi connectivity index (χ4v) is 3.28. The molecule has 0 radical (unpaired) electrons. The molecule has 1 saturated heterocycles. The van der Waals surface area contributed by atoms with Crippen LogP contribution in [0.3, 0.4) is 0 Å². The fourth-order valence-electron chi connectivity index (χ4n) is 3.28. The third-order valence-electron chi connectivity index (χ3n) is 4.48. The van der Waals surface area contributed by atoms with E-state index >= 15 is 0 Å². The van der Waals surface area contributed by atoms with Gasteiger partial charge in [-0.1, -0.05) is 17.3 Å². The van der Waals surface area contributed by atoms with Gasteiger partial charge in [-0.15, -0.1) is 0 Å². The van der Waals surface area contributed by atoms with Crippen molar-refractivity contribution in [3.05, 3.63) is 47.3 Å². The second-order valence-corrected chi connectivity index (χ2v) is 6.78. The Morgan fingerprint density at radius 1 is 1.37 bits per heavy atom. The van der Waals surface area contributed by atoms with Crippen LogP contribution < -0.4 is 5.32 Å². The van der Waals surface area contributed by atoms with Crippen LogP contribution in [0.4, 0.5) is 5.69 Å². The van der Waals surface area contributed by atoms with E-state index in [1.165, 1.54) is 0 Å². The second-order valence-electron chi connectivity index (χ2n) is 6.78. The number of aliphatic hydroxyl groups is 1. The third kappa shape index (κ3) is 4.01. The molecule has 3 rings (SSSR count). The lowest BCUT2D eigenvalue weighted by molar-refractivity contribution is -0.164. The number of ether oxygens (including phenoxy) is 1. The number of carbonyl (C=O) groups excluding carboxylic acids is 2. The fraction of sp³-hybridized carbons (Fsp3) is 0.421. The van der Waals surface area contributed by atoms with Crippen molar-refractivity contribution in [2.45, 2.75) is 39.0 Å². The normalized spacial score (nSPS) is 20.2. The Labute approximate surface area is 157 Å². The van der Waals surface area contributed by atoms with E-state index < -0.39 is 12.1 Å². The Morgan fingerprint density at radius 3 is 2.63 bits per heavy atom. The number of hydrogen-bond donors (Lipinski definition) is 2. The molecule has 8 nitrogen and oxygen atoms in total. The number of carbonyl (C=O) groups is 2. The van der Waals surface area contributed by atoms with Gasteiger partial charge in [0.05, 0.1) is 12.6 Å². The van der Waals surface area contributed by atoms with Crippen LogP contribution in [0.1, 0.15) is 41.8 Å². The quantitative estimate of drug-likeness (QED) is 0.829. The molecule has 1 aliphatic heterocycles. The minimum Gasteiger partial charge on any atom is -0.394 e. The maximum Gasteiger partial charge on any atom is 0.277 e. The average Bonchev–Trinajstić information content (AvgIpc) is 3.08. The molecule has 2 aromatic rings. The van der Waals surface area contributed by atoms with E-state index in [1.807, 2.05) is 26.0 Å². The lowest BCUT2D eigenvalue weighted by Gasteiger charge is -2.42. The number of rotatable bonds is 5. The zero-order chi connectivity index (χ0) is 19.6. The van der Waals surface area contributed by atoms with Gasteiger partial charge in [-0.3, -0.25) is 9.59 Å². The standard InChI is InChI=1S/C19H23N3O5/c1-11(2)22-16(9-23)18(26-10-17(22)24)13-4-6-14(7-5-13)20-19(25)15-8-12(3)27-21-15/h4-8,11,16,18,23H,9-10H2,1-3H3,(H,20,25). The average molecular weight is 373 g/mol. The number of benzene rings is 1. The minimum absolute atomic E-state index is 0.0245. The lowest BCUT2D eigenvalue weighted by atomic mass is 9.98. The molecule has 1 fully saturated rings. The van der Waals surface area contributed by atoms with Crippen molar-refractivity contribution in [3.8, 4) is 0 Å². The number of amides is 2. The number of aliphatic hydroxyl groups excluding tert-OH is 1. The molecule has 2 unspecified atom stereocenters. The predicted molar refractivity (Wildman–Crippen MR) is 97.2 cm³/mol. The summed E-state index contributed by atoms with van der Waals surface area (Å²) in [6.45, 7) is 5.31. The number of anilines is 1. The number of aromatic nitrogens is 1. The molecule has 2 atom stereocenters. The zero-order valence-corrected chi connectivity index (χ0v) is 15.5. The first kappa shape index (κ1) is 19.1. The Balaban J connectivity index is 1.74. The third-order valence-corrected chi connectivity index (χ3v) is 4.48. The van der Waals surface area contributed by atoms with Crippen molar-refractivity contribution in [2.75, 3.05) is 18.5 Å². The predicted octanol–water partition coefficient (Wildman–Crippen LogP) is 1.90. The van der Waals surface area contributed by atoms with Gasteiger partial charge in [-0.05, 0) is 38.5 Å². The van der Waals surface area contributed by atoms with Crippen LogP contribution in [-0.2, 0) is 9.53 Å². The van der Waals surface area contributed by atoms with E-state index in [4.69, 9.17) is 9.26 Å². The topological polar surface area (TPSA) is 105 Å². The molecule has 0 saturated carbocycles. The molecule has 2 amide bonds. The SMILES string of the molecule is Cc1cc(C(=O)Nc2ccc(C3OCC(=O)N(C(C)C)C3CO)cc2)no1. The molecule has 27 heavy (non-hydrogen) atoms. The van der Waals surface area contributed by atoms with Crippen LogP contribution in [-0.4, -0.2) is 52.3 Å². The summed E-state index contributed by atoms with van der Waals surface area (Å²) in [6, 6.07) is 8.18. The van der Waals surface area contributed by atoms with Gasteiger partial charge in [0.25, 0.3) is 5.91 Å². The minimum atomic E-state index is -0.454. The highest BCUT2D eigenvalue weighted by Crippen LogP contribution is 2.31. The van der Waals surface area contributed by atoms with E-state index in [-0.39, 0.29) is 36.8 Å². The van der Waals surface area contributed by atoms with Gasteiger partial charge in [-0.25, -0.2) is 0 Å². The van der Waals surface area contributed by atoms with Crippen LogP contribution in [0.2, 0.25) is 0 Å². The van der Waals surface area contributed by atoms with Gasteiger partial charge in [0.2, 0.25) is 5.91 Å². The first-order valence-corrected chi connectivity index (χ1v) is 8.79. The van der Waals surface area contributed by atoms with Crippen molar-refractivity contribution in [3.63, 3.8) is 0 Å². The van der Waals surface area contributed by atoms with Gasteiger partial charge in [0, 0.05) is 17.8 Å². The van der Waals surface area contributed by atoms with Crippen molar-refractivity contribution in [2.24, 2.45) is 0 Å². The Hall–Kier alpha value is -2.71. The van der Waals surface area contributed by atoms with Gasteiger partial charge in [-0.2, -0.15) is 0 Å². The molecule has 1 aromatic carbocycles. The van der Waals surface area contributed by atoms with Crippen molar-refractivity contribution in [1.29, 1.82) is 0 Å². The summed E-state index contributed by atoms with van der Waals surface area (Å²) in [6.07, 6.45) is -0.432. The van der Waals surface area contributed by atoms with E-state index in [1.54, 1.807) is 30.0 Å². The molecule has 8 heteroatoms. The van der Waals surface area contributed by atoms with Crippen LogP contribution in [0.5, 0.6) is 0 Å². The van der Waals surface area contributed by atoms with Crippen molar-refractivity contribution in [1.82, 2.24) is 10.1 Å². The van der Waals surface area contributed by atoms with Crippen LogP contribution in [0, 0.1) is 6.92 Å². The molecule has 0 spiro atoms. The largest absolute Gasteiger partial charge is 0.394 e. The molecule has 0 bridgehead atoms. The van der Waals surface area contributed by atoms with Crippen molar-refractivity contribution >= 4 is 17.5 Å². The maximum absolute atomic E-state index is 12.1. The molecular weight excluding hydrogens is 350 g/mol. The Bertz CT molecular complexity index is 815. The summed E-state index contributed by atoms with van der Waals surface area (Å²) >= 11 is 0. The van der Waals surface area contributed by atoms with Gasteiger partial charge in [0.15, 0.2) is 5.69 Å². The van der Waals surface area contributed by atoms with Crippen LogP contribution >= 0.6 is 0 Å². The highest BCUT2D eigenvalue weighted by molar-refractivity contribution is 6.02. The van der Waals surface area contributed by atoms with E-state index in [0.717, 1.165) is 5.56 Å². The number of morpholine rings is 1. The highest BCUT2D eigenvalue weighted by Gasteiger charge is 2.38.